The molecule has 4 atom stereocenters. The summed E-state index contributed by atoms with van der Waals surface area (Å²) in [4.78, 5) is 33.7. The summed E-state index contributed by atoms with van der Waals surface area (Å²) in [6, 6.07) is 0. The van der Waals surface area contributed by atoms with Crippen LogP contribution in [0.25, 0.3) is 0 Å². The second kappa shape index (κ2) is 4.68. The van der Waals surface area contributed by atoms with Crippen molar-refractivity contribution in [1.29, 1.82) is 0 Å². The predicted octanol–water partition coefficient (Wildman–Crippen LogP) is 0.901. The quantitative estimate of drug-likeness (QED) is 0.452. The number of carbonyl (C=O) groups excluding carboxylic acids is 2. The van der Waals surface area contributed by atoms with Crippen LogP contribution in [0, 0.1) is 11.3 Å². The zero-order valence-electron chi connectivity index (χ0n) is 10.6. The fourth-order valence-electron chi connectivity index (χ4n) is 3.17. The highest BCUT2D eigenvalue weighted by atomic mass is 16.6. The number of fused-ring (bicyclic) bond motifs is 2. The summed E-state index contributed by atoms with van der Waals surface area (Å²) in [7, 11) is 0. The highest BCUT2D eigenvalue weighted by Gasteiger charge is 2.65. The Morgan fingerprint density at radius 2 is 2.16 bits per heavy atom. The number of carboxylic acids is 1. The van der Waals surface area contributed by atoms with Gasteiger partial charge in [0, 0.05) is 11.5 Å². The van der Waals surface area contributed by atoms with E-state index >= 15 is 0 Å². The predicted molar refractivity (Wildman–Crippen MR) is 63.0 cm³/mol. The molecule has 2 fully saturated rings. The molecule has 0 aromatic carbocycles. The van der Waals surface area contributed by atoms with Crippen molar-refractivity contribution in [1.82, 2.24) is 0 Å². The van der Waals surface area contributed by atoms with Crippen LogP contribution in [0.5, 0.6) is 0 Å². The van der Waals surface area contributed by atoms with Crippen molar-refractivity contribution in [2.75, 3.05) is 0 Å². The van der Waals surface area contributed by atoms with Crippen molar-refractivity contribution in [3.05, 3.63) is 12.2 Å². The molecular weight excluding hydrogens is 252 g/mol. The lowest BCUT2D eigenvalue weighted by Crippen LogP contribution is -2.48. The molecule has 0 aliphatic heterocycles. The molecule has 6 nitrogen and oxygen atoms in total. The lowest BCUT2D eigenvalue weighted by molar-refractivity contribution is -0.178. The van der Waals surface area contributed by atoms with Gasteiger partial charge < -0.3 is 14.6 Å². The maximum atomic E-state index is 11.6. The molecule has 6 heteroatoms. The summed E-state index contributed by atoms with van der Waals surface area (Å²) in [6.45, 7) is 5.23. The molecule has 4 unspecified atom stereocenters. The van der Waals surface area contributed by atoms with E-state index in [0.29, 0.717) is 19.3 Å². The van der Waals surface area contributed by atoms with Crippen LogP contribution in [0.2, 0.25) is 0 Å². The van der Waals surface area contributed by atoms with E-state index in [9.17, 15) is 19.5 Å². The molecule has 0 amide bonds. The first kappa shape index (κ1) is 13.6. The standard InChI is InChI=1S/C13H16O6/c1-7(2)11(15)19-10-9(18-6-14)8-3-4-13(10,5-8)12(16)17/h6,8-10H,1,3-5H2,2H3,(H,16,17). The average Bonchev–Trinajstić information content (AvgIpc) is 2.89. The second-order valence-electron chi connectivity index (χ2n) is 5.27. The number of hydrogen-bond donors (Lipinski definition) is 1. The van der Waals surface area contributed by atoms with Gasteiger partial charge in [-0.1, -0.05) is 6.58 Å². The van der Waals surface area contributed by atoms with Crippen molar-refractivity contribution >= 4 is 18.4 Å². The Morgan fingerprint density at radius 1 is 1.47 bits per heavy atom. The zero-order chi connectivity index (χ0) is 14.2. The molecule has 2 saturated carbocycles. The van der Waals surface area contributed by atoms with Crippen molar-refractivity contribution < 1.29 is 29.0 Å². The van der Waals surface area contributed by atoms with E-state index in [1.54, 1.807) is 0 Å². The SMILES string of the molecule is C=C(C)C(=O)OC1C(OC=O)C2CCC1(C(=O)O)C2. The van der Waals surface area contributed by atoms with Gasteiger partial charge in [-0.2, -0.15) is 0 Å². The summed E-state index contributed by atoms with van der Waals surface area (Å²) in [6.07, 6.45) is -0.149. The van der Waals surface area contributed by atoms with Crippen LogP contribution in [-0.2, 0) is 23.9 Å². The first-order valence-electron chi connectivity index (χ1n) is 6.11. The lowest BCUT2D eigenvalue weighted by Gasteiger charge is -2.34. The Bertz CT molecular complexity index is 442. The topological polar surface area (TPSA) is 89.9 Å². The second-order valence-corrected chi connectivity index (χ2v) is 5.27. The van der Waals surface area contributed by atoms with Crippen LogP contribution in [0.1, 0.15) is 26.2 Å². The molecule has 104 valence electrons. The van der Waals surface area contributed by atoms with E-state index in [2.05, 4.69) is 6.58 Å². The third kappa shape index (κ3) is 2.01. The van der Waals surface area contributed by atoms with E-state index < -0.39 is 29.6 Å². The van der Waals surface area contributed by atoms with Gasteiger partial charge in [-0.25, -0.2) is 4.79 Å². The average molecular weight is 268 g/mol. The van der Waals surface area contributed by atoms with Gasteiger partial charge in [0.2, 0.25) is 0 Å². The zero-order valence-corrected chi connectivity index (χ0v) is 10.6. The van der Waals surface area contributed by atoms with Crippen molar-refractivity contribution in [3.8, 4) is 0 Å². The Morgan fingerprint density at radius 3 is 2.68 bits per heavy atom. The molecule has 2 aliphatic rings. The summed E-state index contributed by atoms with van der Waals surface area (Å²) >= 11 is 0. The number of rotatable bonds is 5. The summed E-state index contributed by atoms with van der Waals surface area (Å²) in [5.74, 6) is -1.73. The fourth-order valence-corrected chi connectivity index (χ4v) is 3.17. The third-order valence-corrected chi connectivity index (χ3v) is 4.12. The smallest absolute Gasteiger partial charge is 0.333 e. The number of carboxylic acid groups (broad SMARTS) is 1. The Balaban J connectivity index is 2.28. The minimum atomic E-state index is -1.14. The van der Waals surface area contributed by atoms with Gasteiger partial charge in [-0.3, -0.25) is 9.59 Å². The van der Waals surface area contributed by atoms with Crippen LogP contribution in [0.15, 0.2) is 12.2 Å². The van der Waals surface area contributed by atoms with E-state index in [0.717, 1.165) is 0 Å². The van der Waals surface area contributed by atoms with Crippen molar-refractivity contribution in [2.45, 2.75) is 38.4 Å². The largest absolute Gasteiger partial charge is 0.481 e. The van der Waals surface area contributed by atoms with Gasteiger partial charge in [0.15, 0.2) is 6.10 Å². The van der Waals surface area contributed by atoms with Gasteiger partial charge in [0.05, 0.1) is 0 Å². The minimum Gasteiger partial charge on any atom is -0.481 e. The molecule has 0 aromatic heterocycles. The van der Waals surface area contributed by atoms with Crippen LogP contribution in [0.4, 0.5) is 0 Å². The number of ether oxygens (including phenoxy) is 2. The first-order valence-corrected chi connectivity index (χ1v) is 6.11. The monoisotopic (exact) mass is 268 g/mol. The Hall–Kier alpha value is -1.85. The van der Waals surface area contributed by atoms with Crippen LogP contribution in [0.3, 0.4) is 0 Å². The molecule has 0 aromatic rings. The molecule has 2 bridgehead atoms. The van der Waals surface area contributed by atoms with Gasteiger partial charge >= 0.3 is 11.9 Å². The number of hydrogen-bond acceptors (Lipinski definition) is 5. The molecule has 0 heterocycles. The lowest BCUT2D eigenvalue weighted by atomic mass is 9.80. The third-order valence-electron chi connectivity index (χ3n) is 4.12. The molecule has 0 spiro atoms. The number of esters is 1. The highest BCUT2D eigenvalue weighted by Crippen LogP contribution is 2.56. The molecule has 19 heavy (non-hydrogen) atoms. The number of aliphatic carboxylic acids is 1. The van der Waals surface area contributed by atoms with Gasteiger partial charge in [-0.05, 0) is 26.2 Å². The van der Waals surface area contributed by atoms with E-state index in [1.165, 1.54) is 6.92 Å². The maximum Gasteiger partial charge on any atom is 0.333 e. The van der Waals surface area contributed by atoms with Crippen LogP contribution < -0.4 is 0 Å². The highest BCUT2D eigenvalue weighted by molar-refractivity contribution is 5.88. The molecular formula is C13H16O6. The van der Waals surface area contributed by atoms with Crippen LogP contribution >= 0.6 is 0 Å². The molecule has 2 aliphatic carbocycles. The number of carbonyl (C=O) groups is 3. The van der Waals surface area contributed by atoms with E-state index in [4.69, 9.17) is 9.47 Å². The van der Waals surface area contributed by atoms with Crippen molar-refractivity contribution in [2.24, 2.45) is 11.3 Å². The van der Waals surface area contributed by atoms with E-state index in [1.807, 2.05) is 0 Å². The fraction of sp³-hybridized carbons (Fsp3) is 0.615. The first-order chi connectivity index (χ1) is 8.92. The normalized spacial score (nSPS) is 35.7. The molecule has 0 saturated heterocycles. The maximum absolute atomic E-state index is 11.6. The van der Waals surface area contributed by atoms with Crippen LogP contribution in [-0.4, -0.2) is 35.7 Å². The summed E-state index contributed by atoms with van der Waals surface area (Å²) in [5.41, 5.74) is -0.947. The Kier molecular flexibility index (Phi) is 3.34. The molecule has 2 rings (SSSR count). The summed E-state index contributed by atoms with van der Waals surface area (Å²) < 4.78 is 10.2. The van der Waals surface area contributed by atoms with E-state index in [-0.39, 0.29) is 18.0 Å². The van der Waals surface area contributed by atoms with Gasteiger partial charge in [-0.15, -0.1) is 0 Å². The Labute approximate surface area is 110 Å². The molecule has 1 N–H and O–H groups in total. The van der Waals surface area contributed by atoms with Crippen molar-refractivity contribution in [3.63, 3.8) is 0 Å². The molecule has 0 radical (unpaired) electrons. The van der Waals surface area contributed by atoms with Gasteiger partial charge in [0.1, 0.15) is 11.5 Å². The van der Waals surface area contributed by atoms with Gasteiger partial charge in [0.25, 0.3) is 6.47 Å². The summed E-state index contributed by atoms with van der Waals surface area (Å²) in [5, 5.41) is 9.44. The minimum absolute atomic E-state index is 0.0655.